The van der Waals surface area contributed by atoms with Gasteiger partial charge >= 0.3 is 5.00 Å². The Balaban J connectivity index is 2.40. The lowest BCUT2D eigenvalue weighted by molar-refractivity contribution is -0.380. The number of nitro groups is 1. The largest absolute Gasteiger partial charge is 0.393 e. The summed E-state index contributed by atoms with van der Waals surface area (Å²) in [5.74, 6) is 0. The Morgan fingerprint density at radius 3 is 3.07 bits per heavy atom. The summed E-state index contributed by atoms with van der Waals surface area (Å²) >= 11 is 0.990. The van der Waals surface area contributed by atoms with Crippen molar-refractivity contribution in [3.05, 3.63) is 16.3 Å². The summed E-state index contributed by atoms with van der Waals surface area (Å²) in [5.41, 5.74) is 0. The minimum absolute atomic E-state index is 0.0181. The first-order valence-corrected chi connectivity index (χ1v) is 4.93. The van der Waals surface area contributed by atoms with E-state index in [9.17, 15) is 10.1 Å². The predicted molar refractivity (Wildman–Crippen MR) is 53.6 cm³/mol. The lowest BCUT2D eigenvalue weighted by atomic mass is 10.3. The highest BCUT2D eigenvalue weighted by Crippen LogP contribution is 2.24. The zero-order valence-electron chi connectivity index (χ0n) is 7.64. The van der Waals surface area contributed by atoms with E-state index < -0.39 is 4.92 Å². The topological polar surface area (TPSA) is 88.3 Å². The lowest BCUT2D eigenvalue weighted by Gasteiger charge is -2.03. The number of aliphatic hydroxyl groups is 1. The first kappa shape index (κ1) is 10.9. The normalized spacial score (nSPS) is 12.4. The Bertz CT molecular complexity index is 313. The SMILES string of the molecule is CC(O)CCNc1ncc([N+](=O)[O-])s1. The molecule has 1 rings (SSSR count). The standard InChI is InChI=1S/C7H11N3O3S/c1-5(11)2-3-8-7-9-4-6(14-7)10(12)13/h4-5,11H,2-3H2,1H3,(H,8,9). The van der Waals surface area contributed by atoms with Crippen LogP contribution in [0.4, 0.5) is 10.1 Å². The molecular weight excluding hydrogens is 206 g/mol. The Morgan fingerprint density at radius 1 is 1.86 bits per heavy atom. The van der Waals surface area contributed by atoms with Crippen molar-refractivity contribution in [1.29, 1.82) is 0 Å². The Morgan fingerprint density at radius 2 is 2.57 bits per heavy atom. The summed E-state index contributed by atoms with van der Waals surface area (Å²) in [6.07, 6.45) is 1.43. The van der Waals surface area contributed by atoms with E-state index in [0.717, 1.165) is 11.3 Å². The fraction of sp³-hybridized carbons (Fsp3) is 0.571. The molecule has 6 nitrogen and oxygen atoms in total. The van der Waals surface area contributed by atoms with Crippen LogP contribution in [-0.4, -0.2) is 27.7 Å². The maximum absolute atomic E-state index is 10.3. The molecule has 1 heterocycles. The molecule has 0 saturated carbocycles. The fourth-order valence-corrected chi connectivity index (χ4v) is 1.48. The van der Waals surface area contributed by atoms with Gasteiger partial charge in [0.25, 0.3) is 0 Å². The third-order valence-corrected chi connectivity index (χ3v) is 2.42. The van der Waals surface area contributed by atoms with Crippen LogP contribution >= 0.6 is 11.3 Å². The number of aromatic nitrogens is 1. The molecule has 0 aliphatic carbocycles. The molecule has 14 heavy (non-hydrogen) atoms. The van der Waals surface area contributed by atoms with Crippen molar-refractivity contribution in [2.75, 3.05) is 11.9 Å². The van der Waals surface area contributed by atoms with Gasteiger partial charge < -0.3 is 10.4 Å². The van der Waals surface area contributed by atoms with Crippen molar-refractivity contribution in [1.82, 2.24) is 4.98 Å². The number of anilines is 1. The zero-order chi connectivity index (χ0) is 10.6. The zero-order valence-corrected chi connectivity index (χ0v) is 8.45. The summed E-state index contributed by atoms with van der Waals surface area (Å²) in [6, 6.07) is 0. The van der Waals surface area contributed by atoms with Gasteiger partial charge in [-0.05, 0) is 24.7 Å². The van der Waals surface area contributed by atoms with E-state index in [1.807, 2.05) is 0 Å². The van der Waals surface area contributed by atoms with Crippen molar-refractivity contribution in [2.24, 2.45) is 0 Å². The number of thiazole rings is 1. The van der Waals surface area contributed by atoms with Crippen LogP contribution in [0.3, 0.4) is 0 Å². The molecule has 0 radical (unpaired) electrons. The van der Waals surface area contributed by atoms with Gasteiger partial charge in [-0.2, -0.15) is 0 Å². The Kier molecular flexibility index (Phi) is 3.78. The van der Waals surface area contributed by atoms with Crippen molar-refractivity contribution in [3.8, 4) is 0 Å². The van der Waals surface area contributed by atoms with E-state index in [1.165, 1.54) is 6.20 Å². The molecule has 0 bridgehead atoms. The molecule has 0 aromatic carbocycles. The number of aliphatic hydroxyl groups excluding tert-OH is 1. The molecule has 0 amide bonds. The molecule has 0 fully saturated rings. The molecule has 1 unspecified atom stereocenters. The molecular formula is C7H11N3O3S. The van der Waals surface area contributed by atoms with E-state index >= 15 is 0 Å². The lowest BCUT2D eigenvalue weighted by Crippen LogP contribution is -2.09. The monoisotopic (exact) mass is 217 g/mol. The van der Waals surface area contributed by atoms with Crippen molar-refractivity contribution in [3.63, 3.8) is 0 Å². The number of rotatable bonds is 5. The fourth-order valence-electron chi connectivity index (χ4n) is 0.820. The smallest absolute Gasteiger partial charge is 0.345 e. The number of hydrogen-bond acceptors (Lipinski definition) is 6. The van der Waals surface area contributed by atoms with E-state index in [2.05, 4.69) is 10.3 Å². The molecule has 0 spiro atoms. The van der Waals surface area contributed by atoms with Crippen molar-refractivity contribution in [2.45, 2.75) is 19.4 Å². The second-order valence-corrected chi connectivity index (χ2v) is 3.83. The maximum atomic E-state index is 10.3. The molecule has 0 saturated heterocycles. The highest BCUT2D eigenvalue weighted by molar-refractivity contribution is 7.18. The van der Waals surface area contributed by atoms with Gasteiger partial charge in [0.05, 0.1) is 11.0 Å². The van der Waals surface area contributed by atoms with Gasteiger partial charge in [0.1, 0.15) is 6.20 Å². The molecule has 7 heteroatoms. The average molecular weight is 217 g/mol. The molecule has 2 N–H and O–H groups in total. The average Bonchev–Trinajstić information content (AvgIpc) is 2.52. The van der Waals surface area contributed by atoms with Gasteiger partial charge in [-0.25, -0.2) is 4.98 Å². The highest BCUT2D eigenvalue weighted by atomic mass is 32.1. The van der Waals surface area contributed by atoms with Crippen LogP contribution in [0.25, 0.3) is 0 Å². The molecule has 78 valence electrons. The van der Waals surface area contributed by atoms with Gasteiger partial charge in [0.2, 0.25) is 0 Å². The van der Waals surface area contributed by atoms with Gasteiger partial charge in [-0.3, -0.25) is 10.1 Å². The van der Waals surface area contributed by atoms with E-state index in [0.29, 0.717) is 18.1 Å². The van der Waals surface area contributed by atoms with E-state index in [-0.39, 0.29) is 11.1 Å². The molecule has 1 atom stereocenters. The van der Waals surface area contributed by atoms with Crippen molar-refractivity contribution >= 4 is 21.5 Å². The summed E-state index contributed by atoms with van der Waals surface area (Å²) < 4.78 is 0. The maximum Gasteiger partial charge on any atom is 0.345 e. The minimum atomic E-state index is -0.475. The number of hydrogen-bond donors (Lipinski definition) is 2. The third-order valence-electron chi connectivity index (χ3n) is 1.51. The first-order chi connectivity index (χ1) is 6.59. The van der Waals surface area contributed by atoms with Crippen molar-refractivity contribution < 1.29 is 10.0 Å². The Labute approximate surface area is 84.7 Å². The van der Waals surface area contributed by atoms with Crippen LogP contribution in [0.1, 0.15) is 13.3 Å². The van der Waals surface area contributed by atoms with Crippen LogP contribution in [-0.2, 0) is 0 Å². The van der Waals surface area contributed by atoms with Crippen LogP contribution in [0, 0.1) is 10.1 Å². The third kappa shape index (κ3) is 3.27. The van der Waals surface area contributed by atoms with Gasteiger partial charge in [-0.1, -0.05) is 0 Å². The minimum Gasteiger partial charge on any atom is -0.393 e. The summed E-state index contributed by atoms with van der Waals surface area (Å²) in [7, 11) is 0. The number of nitrogens with one attached hydrogen (secondary N) is 1. The van der Waals surface area contributed by atoms with Gasteiger partial charge in [0.15, 0.2) is 5.13 Å². The van der Waals surface area contributed by atoms with E-state index in [4.69, 9.17) is 5.11 Å². The van der Waals surface area contributed by atoms with Crippen LogP contribution < -0.4 is 5.32 Å². The van der Waals surface area contributed by atoms with Gasteiger partial charge in [-0.15, -0.1) is 0 Å². The summed E-state index contributed by atoms with van der Waals surface area (Å²) in [5, 5.41) is 22.7. The molecule has 1 aromatic rings. The van der Waals surface area contributed by atoms with E-state index in [1.54, 1.807) is 6.92 Å². The van der Waals surface area contributed by atoms with Gasteiger partial charge in [0, 0.05) is 6.54 Å². The quantitative estimate of drug-likeness (QED) is 0.572. The highest BCUT2D eigenvalue weighted by Gasteiger charge is 2.10. The van der Waals surface area contributed by atoms with Crippen LogP contribution in [0.5, 0.6) is 0 Å². The second-order valence-electron chi connectivity index (χ2n) is 2.83. The Hall–Kier alpha value is -1.21. The first-order valence-electron chi connectivity index (χ1n) is 4.11. The van der Waals surface area contributed by atoms with Crippen LogP contribution in [0.15, 0.2) is 6.20 Å². The predicted octanol–water partition coefficient (Wildman–Crippen LogP) is 1.23. The van der Waals surface area contributed by atoms with Crippen LogP contribution in [0.2, 0.25) is 0 Å². The number of nitrogens with zero attached hydrogens (tertiary/aromatic N) is 2. The summed E-state index contributed by atoms with van der Waals surface area (Å²) in [4.78, 5) is 13.6. The molecule has 1 aromatic heterocycles. The molecule has 0 aliphatic heterocycles. The summed E-state index contributed by atoms with van der Waals surface area (Å²) in [6.45, 7) is 2.24. The molecule has 0 aliphatic rings. The second kappa shape index (κ2) is 4.87.